The molecule has 0 aromatic rings. The molecule has 0 fully saturated rings. The highest BCUT2D eigenvalue weighted by Gasteiger charge is 2.19. The largest absolute Gasteiger partial charge is 0.480 e. The Morgan fingerprint density at radius 2 is 1.12 bits per heavy atom. The van der Waals surface area contributed by atoms with Gasteiger partial charge >= 0.3 is 11.9 Å². The molecular weight excluding hydrogens is 612 g/mol. The van der Waals surface area contributed by atoms with Crippen molar-refractivity contribution in [1.82, 2.24) is 5.32 Å². The highest BCUT2D eigenvalue weighted by molar-refractivity contribution is 5.83. The zero-order valence-corrected chi connectivity index (χ0v) is 31.5. The summed E-state index contributed by atoms with van der Waals surface area (Å²) in [4.78, 5) is 36.1. The number of ether oxygens (including phenoxy) is 1. The number of carbonyl (C=O) groups excluding carboxylic acids is 2. The molecule has 0 saturated heterocycles. The molecular formula is C42H74N2O5. The molecule has 0 radical (unpaired) electrons. The summed E-state index contributed by atoms with van der Waals surface area (Å²) in [5.41, 5.74) is 5.46. The molecule has 0 heterocycles. The third kappa shape index (κ3) is 33.6. The molecule has 282 valence electrons. The van der Waals surface area contributed by atoms with Crippen LogP contribution in [0.3, 0.4) is 0 Å². The van der Waals surface area contributed by atoms with Gasteiger partial charge in [-0.25, -0.2) is 4.79 Å². The molecule has 0 rings (SSSR count). The van der Waals surface area contributed by atoms with Crippen LogP contribution in [0.4, 0.5) is 0 Å². The molecule has 49 heavy (non-hydrogen) atoms. The van der Waals surface area contributed by atoms with Gasteiger partial charge in [-0.05, 0) is 103 Å². The lowest BCUT2D eigenvalue weighted by Gasteiger charge is -2.15. The fourth-order valence-corrected chi connectivity index (χ4v) is 5.54. The normalized spacial score (nSPS) is 13.2. The minimum atomic E-state index is -1.02. The van der Waals surface area contributed by atoms with Crippen LogP contribution in [-0.4, -0.2) is 41.6 Å². The maximum absolute atomic E-state index is 12.6. The van der Waals surface area contributed by atoms with Gasteiger partial charge in [0.2, 0.25) is 5.91 Å². The van der Waals surface area contributed by atoms with Crippen molar-refractivity contribution in [1.29, 1.82) is 0 Å². The van der Waals surface area contributed by atoms with E-state index < -0.39 is 12.0 Å². The van der Waals surface area contributed by atoms with Gasteiger partial charge in [0.15, 0.2) is 0 Å². The van der Waals surface area contributed by atoms with Crippen LogP contribution in [-0.2, 0) is 19.1 Å². The summed E-state index contributed by atoms with van der Waals surface area (Å²) in [6.07, 6.45) is 43.2. The lowest BCUT2D eigenvalue weighted by atomic mass is 10.1. The number of nitrogens with one attached hydrogen (secondary N) is 1. The molecule has 2 atom stereocenters. The summed E-state index contributed by atoms with van der Waals surface area (Å²) in [5, 5.41) is 11.9. The standard InChI is InChI=1S/C42H74N2O5/c1-3-5-7-9-10-11-12-13-14-15-16-17-18-19-20-21-22-24-30-36-41(46)49-38(32-27-23-8-6-4-2)33-28-25-26-29-35-40(45)44-39(42(47)48)34-31-37-43/h10-11,13-14,16-17,27,32,38-39H,3-9,12,15,18-26,28-31,33-37,43H2,1-2H3,(H,44,45)(H,47,48)/b11-10-,14-13-,17-16-,32-27-. The van der Waals surface area contributed by atoms with Crippen molar-refractivity contribution in [3.05, 3.63) is 48.6 Å². The predicted octanol–water partition coefficient (Wildman–Crippen LogP) is 10.8. The molecule has 0 aliphatic carbocycles. The molecule has 7 nitrogen and oxygen atoms in total. The molecule has 0 aliphatic rings. The second-order valence-electron chi connectivity index (χ2n) is 13.3. The lowest BCUT2D eigenvalue weighted by molar-refractivity contribution is -0.147. The topological polar surface area (TPSA) is 119 Å². The van der Waals surface area contributed by atoms with Crippen molar-refractivity contribution in [2.75, 3.05) is 6.54 Å². The number of carbonyl (C=O) groups is 3. The number of hydrogen-bond acceptors (Lipinski definition) is 5. The van der Waals surface area contributed by atoms with Crippen LogP contribution in [0, 0.1) is 0 Å². The molecule has 0 aliphatic heterocycles. The molecule has 0 aromatic carbocycles. The van der Waals surface area contributed by atoms with E-state index in [4.69, 9.17) is 10.5 Å². The predicted molar refractivity (Wildman–Crippen MR) is 206 cm³/mol. The minimum absolute atomic E-state index is 0.107. The zero-order chi connectivity index (χ0) is 36.0. The van der Waals surface area contributed by atoms with E-state index in [1.165, 1.54) is 57.8 Å². The van der Waals surface area contributed by atoms with Gasteiger partial charge in [-0.2, -0.15) is 0 Å². The van der Waals surface area contributed by atoms with E-state index in [-0.39, 0.29) is 18.0 Å². The number of unbranched alkanes of at least 4 members (excludes halogenated alkanes) is 15. The minimum Gasteiger partial charge on any atom is -0.480 e. The van der Waals surface area contributed by atoms with E-state index in [2.05, 4.69) is 67.8 Å². The van der Waals surface area contributed by atoms with Gasteiger partial charge in [0.1, 0.15) is 12.1 Å². The number of carboxylic acids is 1. The summed E-state index contributed by atoms with van der Waals surface area (Å²) in [6, 6.07) is -0.871. The van der Waals surface area contributed by atoms with E-state index in [0.717, 1.165) is 77.0 Å². The summed E-state index contributed by atoms with van der Waals surface area (Å²) < 4.78 is 5.87. The first-order valence-corrected chi connectivity index (χ1v) is 20.0. The number of hydrogen-bond donors (Lipinski definition) is 3. The van der Waals surface area contributed by atoms with Crippen molar-refractivity contribution in [2.45, 2.75) is 193 Å². The Labute approximate surface area is 300 Å². The Kier molecular flexibility index (Phi) is 34.6. The first-order chi connectivity index (χ1) is 23.9. The molecule has 1 amide bonds. The van der Waals surface area contributed by atoms with Crippen LogP contribution in [0.15, 0.2) is 48.6 Å². The quantitative estimate of drug-likeness (QED) is 0.0347. The van der Waals surface area contributed by atoms with Gasteiger partial charge in [0.05, 0.1) is 0 Å². The second-order valence-corrected chi connectivity index (χ2v) is 13.3. The summed E-state index contributed by atoms with van der Waals surface area (Å²) >= 11 is 0. The van der Waals surface area contributed by atoms with E-state index in [0.29, 0.717) is 38.6 Å². The lowest BCUT2D eigenvalue weighted by Crippen LogP contribution is -2.40. The Balaban J connectivity index is 4.12. The number of aliphatic carboxylic acids is 1. The van der Waals surface area contributed by atoms with Crippen molar-refractivity contribution in [3.8, 4) is 0 Å². The van der Waals surface area contributed by atoms with Gasteiger partial charge in [0.25, 0.3) is 0 Å². The van der Waals surface area contributed by atoms with Crippen LogP contribution in [0.5, 0.6) is 0 Å². The van der Waals surface area contributed by atoms with Crippen LogP contribution in [0.25, 0.3) is 0 Å². The molecule has 2 unspecified atom stereocenters. The third-order valence-corrected chi connectivity index (χ3v) is 8.60. The van der Waals surface area contributed by atoms with Crippen LogP contribution < -0.4 is 11.1 Å². The molecule has 4 N–H and O–H groups in total. The maximum Gasteiger partial charge on any atom is 0.326 e. The zero-order valence-electron chi connectivity index (χ0n) is 31.5. The number of amides is 1. The fraction of sp³-hybridized carbons (Fsp3) is 0.738. The van der Waals surface area contributed by atoms with Gasteiger partial charge in [-0.3, -0.25) is 9.59 Å². The first kappa shape index (κ1) is 46.3. The SMILES string of the molecule is CCCCC/C=C\C/C=C\C/C=C\CCCCCCCCC(=O)OC(/C=C\CCCCC)CCCCCCC(=O)NC(CCCN)C(=O)O. The van der Waals surface area contributed by atoms with E-state index in [1.54, 1.807) is 0 Å². The van der Waals surface area contributed by atoms with Crippen molar-refractivity contribution in [3.63, 3.8) is 0 Å². The number of carboxylic acid groups (broad SMARTS) is 1. The highest BCUT2D eigenvalue weighted by Crippen LogP contribution is 2.15. The fourth-order valence-electron chi connectivity index (χ4n) is 5.54. The summed E-state index contributed by atoms with van der Waals surface area (Å²) in [5.74, 6) is -1.35. The Morgan fingerprint density at radius 3 is 1.71 bits per heavy atom. The van der Waals surface area contributed by atoms with E-state index >= 15 is 0 Å². The number of esters is 1. The molecule has 0 aromatic heterocycles. The van der Waals surface area contributed by atoms with E-state index in [9.17, 15) is 19.5 Å². The van der Waals surface area contributed by atoms with Gasteiger partial charge < -0.3 is 20.9 Å². The number of rotatable bonds is 35. The smallest absolute Gasteiger partial charge is 0.326 e. The molecule has 0 spiro atoms. The van der Waals surface area contributed by atoms with Gasteiger partial charge in [-0.15, -0.1) is 0 Å². The molecule has 0 saturated carbocycles. The highest BCUT2D eigenvalue weighted by atomic mass is 16.5. The average Bonchev–Trinajstić information content (AvgIpc) is 3.08. The Bertz CT molecular complexity index is 911. The number of nitrogens with two attached hydrogens (primary N) is 1. The third-order valence-electron chi connectivity index (χ3n) is 8.60. The van der Waals surface area contributed by atoms with Crippen molar-refractivity contribution >= 4 is 17.8 Å². The van der Waals surface area contributed by atoms with Crippen molar-refractivity contribution < 1.29 is 24.2 Å². The molecule has 0 bridgehead atoms. The van der Waals surface area contributed by atoms with Gasteiger partial charge in [-0.1, -0.05) is 121 Å². The van der Waals surface area contributed by atoms with Crippen LogP contribution >= 0.6 is 0 Å². The number of allylic oxidation sites excluding steroid dienone is 7. The molecule has 7 heteroatoms. The van der Waals surface area contributed by atoms with Crippen LogP contribution in [0.2, 0.25) is 0 Å². The average molecular weight is 687 g/mol. The summed E-state index contributed by atoms with van der Waals surface area (Å²) in [6.45, 7) is 4.84. The van der Waals surface area contributed by atoms with Crippen molar-refractivity contribution in [2.24, 2.45) is 5.73 Å². The van der Waals surface area contributed by atoms with Crippen LogP contribution in [0.1, 0.15) is 181 Å². The first-order valence-electron chi connectivity index (χ1n) is 20.0. The van der Waals surface area contributed by atoms with Gasteiger partial charge in [0, 0.05) is 12.8 Å². The Morgan fingerprint density at radius 1 is 0.612 bits per heavy atom. The van der Waals surface area contributed by atoms with E-state index in [1.807, 2.05) is 0 Å². The second kappa shape index (κ2) is 36.6. The maximum atomic E-state index is 12.6. The Hall–Kier alpha value is -2.67. The summed E-state index contributed by atoms with van der Waals surface area (Å²) in [7, 11) is 0. The monoisotopic (exact) mass is 687 g/mol.